The molecule has 0 aliphatic rings. The smallest absolute Gasteiger partial charge is 0.153 e. The van der Waals surface area contributed by atoms with Gasteiger partial charge in [-0.2, -0.15) is 5.10 Å². The van der Waals surface area contributed by atoms with E-state index in [-0.39, 0.29) is 0 Å². The van der Waals surface area contributed by atoms with E-state index in [1.54, 1.807) is 18.6 Å². The largest absolute Gasteiger partial charge is 0.382 e. The van der Waals surface area contributed by atoms with Gasteiger partial charge in [-0.05, 0) is 29.8 Å². The lowest BCUT2D eigenvalue weighted by molar-refractivity contribution is 1.09. The van der Waals surface area contributed by atoms with Gasteiger partial charge in [-0.3, -0.25) is 15.1 Å². The molecular formula is C13H11N5. The first-order valence-corrected chi connectivity index (χ1v) is 5.52. The van der Waals surface area contributed by atoms with E-state index in [2.05, 4.69) is 20.2 Å². The Hall–Kier alpha value is -2.69. The molecule has 3 aromatic heterocycles. The maximum atomic E-state index is 5.92. The second-order valence-corrected chi connectivity index (χ2v) is 3.81. The predicted molar refractivity (Wildman–Crippen MR) is 69.5 cm³/mol. The molecule has 0 unspecified atom stereocenters. The van der Waals surface area contributed by atoms with Crippen molar-refractivity contribution in [3.05, 3.63) is 48.9 Å². The number of hydrogen-bond donors (Lipinski definition) is 2. The Balaban J connectivity index is 2.19. The van der Waals surface area contributed by atoms with Crippen LogP contribution in [0.3, 0.4) is 0 Å². The highest BCUT2D eigenvalue weighted by molar-refractivity contribution is 5.86. The van der Waals surface area contributed by atoms with E-state index in [9.17, 15) is 0 Å². The van der Waals surface area contributed by atoms with Crippen LogP contribution in [0.15, 0.2) is 48.9 Å². The summed E-state index contributed by atoms with van der Waals surface area (Å²) in [6.45, 7) is 0. The molecule has 0 amide bonds. The van der Waals surface area contributed by atoms with Crippen molar-refractivity contribution in [2.75, 3.05) is 5.73 Å². The van der Waals surface area contributed by atoms with Gasteiger partial charge in [0.1, 0.15) is 0 Å². The lowest BCUT2D eigenvalue weighted by Gasteiger charge is -2.03. The van der Waals surface area contributed by atoms with Crippen LogP contribution in [0.2, 0.25) is 0 Å². The number of nitrogens with one attached hydrogen (secondary N) is 1. The number of nitrogens with two attached hydrogens (primary N) is 1. The van der Waals surface area contributed by atoms with Gasteiger partial charge in [0.05, 0.1) is 17.0 Å². The Morgan fingerprint density at radius 1 is 1.00 bits per heavy atom. The van der Waals surface area contributed by atoms with Crippen LogP contribution >= 0.6 is 0 Å². The minimum atomic E-state index is 0.460. The van der Waals surface area contributed by atoms with E-state index in [1.807, 2.05) is 30.3 Å². The van der Waals surface area contributed by atoms with Crippen LogP contribution < -0.4 is 5.73 Å². The van der Waals surface area contributed by atoms with Crippen LogP contribution in [0.5, 0.6) is 0 Å². The van der Waals surface area contributed by atoms with Crippen molar-refractivity contribution in [1.29, 1.82) is 0 Å². The molecule has 0 aliphatic heterocycles. The summed E-state index contributed by atoms with van der Waals surface area (Å²) in [5.74, 6) is 0.460. The Labute approximate surface area is 104 Å². The van der Waals surface area contributed by atoms with Gasteiger partial charge in [-0.15, -0.1) is 0 Å². The average Bonchev–Trinajstić information content (AvgIpc) is 2.83. The fraction of sp³-hybridized carbons (Fsp3) is 0. The van der Waals surface area contributed by atoms with Crippen LogP contribution in [0, 0.1) is 0 Å². The highest BCUT2D eigenvalue weighted by Crippen LogP contribution is 2.32. The molecule has 0 saturated heterocycles. The summed E-state index contributed by atoms with van der Waals surface area (Å²) in [7, 11) is 0. The van der Waals surface area contributed by atoms with E-state index in [4.69, 9.17) is 5.73 Å². The van der Waals surface area contributed by atoms with Gasteiger partial charge >= 0.3 is 0 Å². The molecule has 5 heteroatoms. The molecule has 3 N–H and O–H groups in total. The van der Waals surface area contributed by atoms with Gasteiger partial charge < -0.3 is 5.73 Å². The van der Waals surface area contributed by atoms with Crippen LogP contribution in [0.1, 0.15) is 0 Å². The summed E-state index contributed by atoms with van der Waals surface area (Å²) in [6, 6.07) is 9.50. The topological polar surface area (TPSA) is 80.5 Å². The molecule has 3 heterocycles. The molecule has 5 nitrogen and oxygen atoms in total. The fourth-order valence-corrected chi connectivity index (χ4v) is 1.86. The summed E-state index contributed by atoms with van der Waals surface area (Å²) in [4.78, 5) is 8.31. The number of nitrogen functional groups attached to an aromatic ring is 1. The zero-order valence-corrected chi connectivity index (χ0v) is 9.54. The van der Waals surface area contributed by atoms with Crippen molar-refractivity contribution in [2.45, 2.75) is 0 Å². The zero-order valence-electron chi connectivity index (χ0n) is 9.54. The Morgan fingerprint density at radius 2 is 1.83 bits per heavy atom. The van der Waals surface area contributed by atoms with E-state index >= 15 is 0 Å². The predicted octanol–water partition coefficient (Wildman–Crippen LogP) is 2.12. The van der Waals surface area contributed by atoms with Gasteiger partial charge in [0.25, 0.3) is 0 Å². The highest BCUT2D eigenvalue weighted by atomic mass is 15.2. The number of hydrogen-bond acceptors (Lipinski definition) is 4. The van der Waals surface area contributed by atoms with Gasteiger partial charge in [0, 0.05) is 18.6 Å². The normalized spacial score (nSPS) is 10.4. The molecule has 0 fully saturated rings. The average molecular weight is 237 g/mol. The summed E-state index contributed by atoms with van der Waals surface area (Å²) < 4.78 is 0. The SMILES string of the molecule is Nc1n[nH]c(-c2ccccn2)c1-c1ccncc1. The quantitative estimate of drug-likeness (QED) is 0.715. The standard InChI is InChI=1S/C13H11N5/c14-13-11(9-4-7-15-8-5-9)12(17-18-13)10-3-1-2-6-16-10/h1-8H,(H3,14,17,18). The molecule has 0 spiro atoms. The Bertz CT molecular complexity index is 646. The number of H-pyrrole nitrogens is 1. The Kier molecular flexibility index (Phi) is 2.49. The minimum Gasteiger partial charge on any atom is -0.382 e. The van der Waals surface area contributed by atoms with E-state index in [0.717, 1.165) is 22.5 Å². The maximum absolute atomic E-state index is 5.92. The third-order valence-electron chi connectivity index (χ3n) is 2.68. The monoisotopic (exact) mass is 237 g/mol. The number of anilines is 1. The fourth-order valence-electron chi connectivity index (χ4n) is 1.86. The van der Waals surface area contributed by atoms with Crippen molar-refractivity contribution < 1.29 is 0 Å². The minimum absolute atomic E-state index is 0.460. The highest BCUT2D eigenvalue weighted by Gasteiger charge is 2.14. The van der Waals surface area contributed by atoms with Crippen molar-refractivity contribution in [2.24, 2.45) is 0 Å². The second-order valence-electron chi connectivity index (χ2n) is 3.81. The lowest BCUT2D eigenvalue weighted by atomic mass is 10.1. The van der Waals surface area contributed by atoms with Crippen molar-refractivity contribution in [3.63, 3.8) is 0 Å². The van der Waals surface area contributed by atoms with Gasteiger partial charge in [0.15, 0.2) is 5.82 Å². The van der Waals surface area contributed by atoms with E-state index in [1.165, 1.54) is 0 Å². The number of pyridine rings is 2. The van der Waals surface area contributed by atoms with Gasteiger partial charge in [0.2, 0.25) is 0 Å². The first kappa shape index (κ1) is 10.5. The van der Waals surface area contributed by atoms with Crippen molar-refractivity contribution in [3.8, 4) is 22.5 Å². The summed E-state index contributed by atoms with van der Waals surface area (Å²) >= 11 is 0. The number of aromatic amines is 1. The summed E-state index contributed by atoms with van der Waals surface area (Å²) in [6.07, 6.45) is 5.19. The number of aromatic nitrogens is 4. The van der Waals surface area contributed by atoms with Gasteiger partial charge in [-0.1, -0.05) is 6.07 Å². The van der Waals surface area contributed by atoms with E-state index in [0.29, 0.717) is 5.82 Å². The molecule has 0 radical (unpaired) electrons. The second kappa shape index (κ2) is 4.29. The summed E-state index contributed by atoms with van der Waals surface area (Å²) in [5.41, 5.74) is 9.38. The molecule has 88 valence electrons. The van der Waals surface area contributed by atoms with Gasteiger partial charge in [-0.25, -0.2) is 0 Å². The first-order chi connectivity index (χ1) is 8.86. The molecule has 0 aromatic carbocycles. The summed E-state index contributed by atoms with van der Waals surface area (Å²) in [5, 5.41) is 6.99. The van der Waals surface area contributed by atoms with Crippen LogP contribution in [-0.2, 0) is 0 Å². The Morgan fingerprint density at radius 3 is 2.56 bits per heavy atom. The molecule has 0 bridgehead atoms. The molecule has 3 aromatic rings. The zero-order chi connectivity index (χ0) is 12.4. The van der Waals surface area contributed by atoms with Crippen molar-refractivity contribution in [1.82, 2.24) is 20.2 Å². The van der Waals surface area contributed by atoms with E-state index < -0.39 is 0 Å². The van der Waals surface area contributed by atoms with Crippen LogP contribution in [0.4, 0.5) is 5.82 Å². The third-order valence-corrected chi connectivity index (χ3v) is 2.68. The van der Waals surface area contributed by atoms with Crippen LogP contribution in [0.25, 0.3) is 22.5 Å². The number of nitrogens with zero attached hydrogens (tertiary/aromatic N) is 3. The molecule has 3 rings (SSSR count). The lowest BCUT2D eigenvalue weighted by Crippen LogP contribution is -1.89. The molecule has 0 atom stereocenters. The molecule has 0 aliphatic carbocycles. The maximum Gasteiger partial charge on any atom is 0.153 e. The molecular weight excluding hydrogens is 226 g/mol. The molecule has 0 saturated carbocycles. The first-order valence-electron chi connectivity index (χ1n) is 5.52. The molecule has 18 heavy (non-hydrogen) atoms. The van der Waals surface area contributed by atoms with Crippen molar-refractivity contribution >= 4 is 5.82 Å². The third kappa shape index (κ3) is 1.71. The number of rotatable bonds is 2. The van der Waals surface area contributed by atoms with Crippen LogP contribution in [-0.4, -0.2) is 20.2 Å².